The van der Waals surface area contributed by atoms with Gasteiger partial charge in [0.2, 0.25) is 5.91 Å². The zero-order valence-corrected chi connectivity index (χ0v) is 13.3. The van der Waals surface area contributed by atoms with Gasteiger partial charge in [-0.25, -0.2) is 0 Å². The Hall–Kier alpha value is -3.13. The monoisotopic (exact) mass is 320 g/mol. The van der Waals surface area contributed by atoms with E-state index in [9.17, 15) is 9.59 Å². The Morgan fingerprint density at radius 2 is 1.96 bits per heavy atom. The lowest BCUT2D eigenvalue weighted by atomic mass is 9.98. The van der Waals surface area contributed by atoms with Gasteiger partial charge in [-0.1, -0.05) is 0 Å². The number of Topliss-reactive ketones (excluding diaryl/α,β-unsaturated/α-hetero) is 1. The van der Waals surface area contributed by atoms with E-state index < -0.39 is 0 Å². The van der Waals surface area contributed by atoms with Gasteiger partial charge >= 0.3 is 0 Å². The number of hydrogen-bond donors (Lipinski definition) is 0. The Labute approximate surface area is 140 Å². The summed E-state index contributed by atoms with van der Waals surface area (Å²) in [6, 6.07) is 14.0. The molecular formula is C19H16N2O3. The van der Waals surface area contributed by atoms with Crippen molar-refractivity contribution >= 4 is 17.4 Å². The van der Waals surface area contributed by atoms with Crippen LogP contribution in [0.2, 0.25) is 0 Å². The average Bonchev–Trinajstić information content (AvgIpc) is 2.63. The van der Waals surface area contributed by atoms with Crippen molar-refractivity contribution < 1.29 is 14.3 Å². The normalized spacial score (nSPS) is 13.2. The number of benzene rings is 2. The summed E-state index contributed by atoms with van der Waals surface area (Å²) in [5.74, 6) is 0.512. The first-order chi connectivity index (χ1) is 11.6. The third-order valence-corrected chi connectivity index (χ3v) is 4.10. The summed E-state index contributed by atoms with van der Waals surface area (Å²) in [4.78, 5) is 25.6. The number of carbonyl (C=O) groups is 2. The summed E-state index contributed by atoms with van der Waals surface area (Å²) in [7, 11) is 1.75. The van der Waals surface area contributed by atoms with Gasteiger partial charge in [0, 0.05) is 24.7 Å². The van der Waals surface area contributed by atoms with Crippen molar-refractivity contribution in [2.75, 3.05) is 18.6 Å². The third kappa shape index (κ3) is 3.13. The highest BCUT2D eigenvalue weighted by Gasteiger charge is 2.21. The Morgan fingerprint density at radius 3 is 2.67 bits per heavy atom. The zero-order chi connectivity index (χ0) is 17.1. The van der Waals surface area contributed by atoms with E-state index >= 15 is 0 Å². The van der Waals surface area contributed by atoms with Crippen molar-refractivity contribution in [3.8, 4) is 11.8 Å². The van der Waals surface area contributed by atoms with Gasteiger partial charge in [0.1, 0.15) is 5.75 Å². The smallest absolute Gasteiger partial charge is 0.227 e. The molecule has 0 aliphatic carbocycles. The highest BCUT2D eigenvalue weighted by molar-refractivity contribution is 6.00. The van der Waals surface area contributed by atoms with Crippen LogP contribution in [0.15, 0.2) is 42.5 Å². The van der Waals surface area contributed by atoms with E-state index in [1.54, 1.807) is 48.3 Å². The van der Waals surface area contributed by atoms with Crippen LogP contribution in [0.25, 0.3) is 0 Å². The number of rotatable bonds is 4. The fourth-order valence-electron chi connectivity index (χ4n) is 2.69. The summed E-state index contributed by atoms with van der Waals surface area (Å²) < 4.78 is 5.48. The molecule has 24 heavy (non-hydrogen) atoms. The molecular weight excluding hydrogens is 304 g/mol. The van der Waals surface area contributed by atoms with E-state index in [0.29, 0.717) is 29.7 Å². The van der Waals surface area contributed by atoms with Crippen LogP contribution < -0.4 is 9.64 Å². The van der Waals surface area contributed by atoms with E-state index in [0.717, 1.165) is 11.3 Å². The molecule has 0 radical (unpaired) electrons. The van der Waals surface area contributed by atoms with Gasteiger partial charge in [0.25, 0.3) is 0 Å². The minimum Gasteiger partial charge on any atom is -0.485 e. The molecule has 0 N–H and O–H groups in total. The Balaban J connectivity index is 1.69. The second-order valence-corrected chi connectivity index (χ2v) is 5.64. The SMILES string of the molecule is CN1C(=O)CCc2cc(C(=O)COc3ccc(C#N)cc3)ccc21. The number of nitrogens with zero attached hydrogens (tertiary/aromatic N) is 2. The van der Waals surface area contributed by atoms with Gasteiger partial charge < -0.3 is 9.64 Å². The minimum atomic E-state index is -0.123. The molecule has 5 heteroatoms. The maximum Gasteiger partial charge on any atom is 0.227 e. The summed E-state index contributed by atoms with van der Waals surface area (Å²) in [5.41, 5.74) is 2.98. The number of hydrogen-bond acceptors (Lipinski definition) is 4. The molecule has 1 heterocycles. The molecule has 5 nitrogen and oxygen atoms in total. The maximum atomic E-state index is 12.3. The van der Waals surface area contributed by atoms with Crippen molar-refractivity contribution in [2.45, 2.75) is 12.8 Å². The van der Waals surface area contributed by atoms with Crippen LogP contribution in [-0.4, -0.2) is 25.3 Å². The van der Waals surface area contributed by atoms with Crippen LogP contribution in [-0.2, 0) is 11.2 Å². The number of aryl methyl sites for hydroxylation is 1. The summed E-state index contributed by atoms with van der Waals surface area (Å²) >= 11 is 0. The van der Waals surface area contributed by atoms with Crippen molar-refractivity contribution in [1.82, 2.24) is 0 Å². The Kier molecular flexibility index (Phi) is 4.30. The first-order valence-corrected chi connectivity index (χ1v) is 7.64. The fourth-order valence-corrected chi connectivity index (χ4v) is 2.69. The molecule has 0 saturated carbocycles. The highest BCUT2D eigenvalue weighted by Crippen LogP contribution is 2.27. The molecule has 0 bridgehead atoms. The average molecular weight is 320 g/mol. The molecule has 1 aliphatic rings. The van der Waals surface area contributed by atoms with Gasteiger partial charge in [0.05, 0.1) is 11.6 Å². The lowest BCUT2D eigenvalue weighted by Crippen LogP contribution is -2.31. The van der Waals surface area contributed by atoms with Gasteiger partial charge in [0.15, 0.2) is 12.4 Å². The van der Waals surface area contributed by atoms with Crippen molar-refractivity contribution in [3.05, 3.63) is 59.2 Å². The second kappa shape index (κ2) is 6.55. The number of ketones is 1. The number of carbonyl (C=O) groups excluding carboxylic acids is 2. The van der Waals surface area contributed by atoms with Gasteiger partial charge in [-0.3, -0.25) is 9.59 Å². The molecule has 1 amide bonds. The summed E-state index contributed by atoms with van der Waals surface area (Å²) in [6.45, 7) is -0.0700. The van der Waals surface area contributed by atoms with Gasteiger partial charge in [-0.2, -0.15) is 5.26 Å². The molecule has 0 saturated heterocycles. The number of amides is 1. The van der Waals surface area contributed by atoms with Crippen LogP contribution in [0.4, 0.5) is 5.69 Å². The van der Waals surface area contributed by atoms with Crippen molar-refractivity contribution in [1.29, 1.82) is 5.26 Å². The van der Waals surface area contributed by atoms with Crippen LogP contribution in [0.3, 0.4) is 0 Å². The quantitative estimate of drug-likeness (QED) is 0.812. The standard InChI is InChI=1S/C19H16N2O3/c1-21-17-8-4-15(10-14(17)5-9-19(21)23)18(22)12-24-16-6-2-13(11-20)3-7-16/h2-4,6-8,10H,5,9,12H2,1H3. The van der Waals surface area contributed by atoms with Gasteiger partial charge in [-0.05, 0) is 54.4 Å². The van der Waals surface area contributed by atoms with Crippen LogP contribution in [0.1, 0.15) is 27.9 Å². The molecule has 0 unspecified atom stereocenters. The van der Waals surface area contributed by atoms with Gasteiger partial charge in [-0.15, -0.1) is 0 Å². The van der Waals surface area contributed by atoms with Crippen molar-refractivity contribution in [2.24, 2.45) is 0 Å². The van der Waals surface area contributed by atoms with Crippen LogP contribution in [0.5, 0.6) is 5.75 Å². The number of anilines is 1. The lowest BCUT2D eigenvalue weighted by Gasteiger charge is -2.26. The molecule has 0 aromatic heterocycles. The van der Waals surface area contributed by atoms with E-state index in [1.807, 2.05) is 12.1 Å². The summed E-state index contributed by atoms with van der Waals surface area (Å²) in [5, 5.41) is 8.76. The first kappa shape index (κ1) is 15.8. The largest absolute Gasteiger partial charge is 0.485 e. The molecule has 2 aromatic carbocycles. The van der Waals surface area contributed by atoms with Crippen molar-refractivity contribution in [3.63, 3.8) is 0 Å². The molecule has 3 rings (SSSR count). The molecule has 0 spiro atoms. The predicted octanol–water partition coefficient (Wildman–Crippen LogP) is 2.73. The Bertz CT molecular complexity index is 835. The zero-order valence-electron chi connectivity index (χ0n) is 13.3. The molecule has 120 valence electrons. The molecule has 2 aromatic rings. The number of ether oxygens (including phenoxy) is 1. The fraction of sp³-hybridized carbons (Fsp3) is 0.211. The third-order valence-electron chi connectivity index (χ3n) is 4.10. The van der Waals surface area contributed by atoms with E-state index in [4.69, 9.17) is 10.00 Å². The maximum absolute atomic E-state index is 12.3. The molecule has 1 aliphatic heterocycles. The predicted molar refractivity (Wildman–Crippen MR) is 89.2 cm³/mol. The highest BCUT2D eigenvalue weighted by atomic mass is 16.5. The van der Waals surface area contributed by atoms with Crippen LogP contribution >= 0.6 is 0 Å². The number of fused-ring (bicyclic) bond motifs is 1. The van der Waals surface area contributed by atoms with E-state index in [1.165, 1.54) is 0 Å². The lowest BCUT2D eigenvalue weighted by molar-refractivity contribution is -0.118. The second-order valence-electron chi connectivity index (χ2n) is 5.64. The topological polar surface area (TPSA) is 70.4 Å². The first-order valence-electron chi connectivity index (χ1n) is 7.64. The van der Waals surface area contributed by atoms with E-state index in [-0.39, 0.29) is 18.3 Å². The minimum absolute atomic E-state index is 0.0700. The van der Waals surface area contributed by atoms with Crippen LogP contribution in [0, 0.1) is 11.3 Å². The van der Waals surface area contributed by atoms with E-state index in [2.05, 4.69) is 0 Å². The molecule has 0 atom stereocenters. The Morgan fingerprint density at radius 1 is 1.21 bits per heavy atom. The molecule has 0 fully saturated rings. The number of nitriles is 1. The summed E-state index contributed by atoms with van der Waals surface area (Å²) in [6.07, 6.45) is 1.11.